The number of rotatable bonds is 4. The SMILES string of the molecule is C1CCNCC1.CCC(/C=C/C(=O)O)=C\c1ccc2c(c1)OCO2. The maximum Gasteiger partial charge on any atom is 0.328 e. The molecule has 1 aromatic rings. The molecule has 5 heteroatoms. The van der Waals surface area contributed by atoms with Crippen molar-refractivity contribution in [1.82, 2.24) is 5.32 Å². The number of benzene rings is 1. The molecule has 0 aromatic heterocycles. The molecule has 1 aromatic carbocycles. The first-order valence-electron chi connectivity index (χ1n) is 8.41. The van der Waals surface area contributed by atoms with E-state index in [4.69, 9.17) is 14.6 Å². The monoisotopic (exact) mass is 331 g/mol. The van der Waals surface area contributed by atoms with Gasteiger partial charge in [0.1, 0.15) is 0 Å². The highest BCUT2D eigenvalue weighted by atomic mass is 16.7. The Hall–Kier alpha value is -2.27. The number of hydrogen-bond acceptors (Lipinski definition) is 4. The van der Waals surface area contributed by atoms with Crippen molar-refractivity contribution in [1.29, 1.82) is 0 Å². The number of carboxylic acids is 1. The van der Waals surface area contributed by atoms with Crippen LogP contribution < -0.4 is 14.8 Å². The molecule has 0 amide bonds. The van der Waals surface area contributed by atoms with Crippen LogP contribution in [0.5, 0.6) is 11.5 Å². The number of aliphatic carboxylic acids is 1. The highest BCUT2D eigenvalue weighted by Crippen LogP contribution is 2.33. The number of allylic oxidation sites excluding steroid dienone is 2. The van der Waals surface area contributed by atoms with E-state index in [0.717, 1.165) is 35.1 Å². The summed E-state index contributed by atoms with van der Waals surface area (Å²) in [7, 11) is 0. The first-order valence-corrected chi connectivity index (χ1v) is 8.41. The van der Waals surface area contributed by atoms with Gasteiger partial charge in [-0.1, -0.05) is 31.6 Å². The van der Waals surface area contributed by atoms with E-state index in [2.05, 4.69) is 5.32 Å². The standard InChI is InChI=1S/C14H14O4.C5H11N/c1-2-10(4-6-14(15)16)7-11-3-5-12-13(8-11)18-9-17-12;1-2-4-6-5-3-1/h3-8H,2,9H2,1H3,(H,15,16);6H,1-5H2/b6-4+,10-7+;. The van der Waals surface area contributed by atoms with Crippen molar-refractivity contribution in [3.8, 4) is 11.5 Å². The summed E-state index contributed by atoms with van der Waals surface area (Å²) in [6, 6.07) is 5.65. The molecule has 0 bridgehead atoms. The normalized spacial score (nSPS) is 16.6. The minimum Gasteiger partial charge on any atom is -0.478 e. The fourth-order valence-corrected chi connectivity index (χ4v) is 2.47. The zero-order valence-electron chi connectivity index (χ0n) is 14.1. The highest BCUT2D eigenvalue weighted by Gasteiger charge is 2.12. The molecule has 5 nitrogen and oxygen atoms in total. The molecular formula is C19H25NO4. The van der Waals surface area contributed by atoms with Crippen LogP contribution in [-0.4, -0.2) is 31.0 Å². The molecule has 0 saturated carbocycles. The Morgan fingerprint density at radius 3 is 2.50 bits per heavy atom. The second-order valence-corrected chi connectivity index (χ2v) is 5.67. The molecule has 2 heterocycles. The Morgan fingerprint density at radius 2 is 1.92 bits per heavy atom. The second-order valence-electron chi connectivity index (χ2n) is 5.67. The van der Waals surface area contributed by atoms with Crippen LogP contribution in [0, 0.1) is 0 Å². The summed E-state index contributed by atoms with van der Waals surface area (Å²) in [6.45, 7) is 4.73. The van der Waals surface area contributed by atoms with Gasteiger partial charge >= 0.3 is 5.97 Å². The van der Waals surface area contributed by atoms with Crippen LogP contribution in [0.2, 0.25) is 0 Å². The molecule has 0 aliphatic carbocycles. The Bertz CT molecular complexity index is 592. The number of nitrogens with one attached hydrogen (secondary N) is 1. The molecule has 3 rings (SSSR count). The zero-order valence-corrected chi connectivity index (χ0v) is 14.1. The largest absolute Gasteiger partial charge is 0.478 e. The number of carboxylic acid groups (broad SMARTS) is 1. The van der Waals surface area contributed by atoms with Gasteiger partial charge in [-0.15, -0.1) is 0 Å². The van der Waals surface area contributed by atoms with Crippen molar-refractivity contribution in [3.63, 3.8) is 0 Å². The Kier molecular flexibility index (Phi) is 7.36. The van der Waals surface area contributed by atoms with Gasteiger partial charge in [0, 0.05) is 6.08 Å². The van der Waals surface area contributed by atoms with Gasteiger partial charge < -0.3 is 19.9 Å². The molecular weight excluding hydrogens is 306 g/mol. The molecule has 1 fully saturated rings. The van der Waals surface area contributed by atoms with Crippen LogP contribution in [0.25, 0.3) is 6.08 Å². The third kappa shape index (κ3) is 6.08. The van der Waals surface area contributed by atoms with Crippen LogP contribution in [0.1, 0.15) is 38.2 Å². The van der Waals surface area contributed by atoms with E-state index in [-0.39, 0.29) is 6.79 Å². The van der Waals surface area contributed by atoms with Crippen molar-refractivity contribution in [2.75, 3.05) is 19.9 Å². The Labute approximate surface area is 143 Å². The lowest BCUT2D eigenvalue weighted by Gasteiger charge is -2.08. The molecule has 2 aliphatic heterocycles. The minimum absolute atomic E-state index is 0.252. The van der Waals surface area contributed by atoms with Crippen LogP contribution in [0.4, 0.5) is 0 Å². The zero-order chi connectivity index (χ0) is 17.2. The first-order chi connectivity index (χ1) is 11.7. The maximum absolute atomic E-state index is 10.5. The summed E-state index contributed by atoms with van der Waals surface area (Å²) in [5.74, 6) is 0.521. The van der Waals surface area contributed by atoms with E-state index in [0.29, 0.717) is 0 Å². The van der Waals surface area contributed by atoms with E-state index in [1.165, 1.54) is 32.4 Å². The summed E-state index contributed by atoms with van der Waals surface area (Å²) in [6.07, 6.45) is 9.65. The fraction of sp³-hybridized carbons (Fsp3) is 0.421. The highest BCUT2D eigenvalue weighted by molar-refractivity contribution is 5.80. The lowest BCUT2D eigenvalue weighted by atomic mass is 10.1. The Balaban J connectivity index is 0.000000292. The first kappa shape index (κ1) is 18.1. The summed E-state index contributed by atoms with van der Waals surface area (Å²) in [5.41, 5.74) is 1.91. The molecule has 130 valence electrons. The quantitative estimate of drug-likeness (QED) is 0.652. The van der Waals surface area contributed by atoms with Crippen LogP contribution in [-0.2, 0) is 4.79 Å². The molecule has 0 spiro atoms. The number of ether oxygens (including phenoxy) is 2. The average molecular weight is 331 g/mol. The molecule has 0 radical (unpaired) electrons. The van der Waals surface area contributed by atoms with Gasteiger partial charge in [-0.25, -0.2) is 4.79 Å². The van der Waals surface area contributed by atoms with Gasteiger partial charge in [-0.2, -0.15) is 0 Å². The lowest BCUT2D eigenvalue weighted by molar-refractivity contribution is -0.131. The maximum atomic E-state index is 10.5. The molecule has 0 atom stereocenters. The van der Waals surface area contributed by atoms with E-state index in [9.17, 15) is 4.79 Å². The van der Waals surface area contributed by atoms with Gasteiger partial charge in [0.2, 0.25) is 6.79 Å². The van der Waals surface area contributed by atoms with Crippen molar-refractivity contribution in [3.05, 3.63) is 41.5 Å². The summed E-state index contributed by atoms with van der Waals surface area (Å²) >= 11 is 0. The predicted octanol–water partition coefficient (Wildman–Crippen LogP) is 3.61. The average Bonchev–Trinajstić information content (AvgIpc) is 3.08. The second kappa shape index (κ2) is 9.78. The van der Waals surface area contributed by atoms with Crippen molar-refractivity contribution in [2.24, 2.45) is 0 Å². The number of carbonyl (C=O) groups is 1. The van der Waals surface area contributed by atoms with E-state index < -0.39 is 5.97 Å². The van der Waals surface area contributed by atoms with Gasteiger partial charge in [-0.05, 0) is 55.6 Å². The fourth-order valence-electron chi connectivity index (χ4n) is 2.47. The molecule has 2 N–H and O–H groups in total. The summed E-state index contributed by atoms with van der Waals surface area (Å²) in [5, 5.41) is 11.9. The van der Waals surface area contributed by atoms with E-state index in [1.807, 2.05) is 31.2 Å². The minimum atomic E-state index is -0.944. The molecule has 0 unspecified atom stereocenters. The van der Waals surface area contributed by atoms with Gasteiger partial charge in [0.15, 0.2) is 11.5 Å². The van der Waals surface area contributed by atoms with E-state index in [1.54, 1.807) is 6.08 Å². The molecule has 1 saturated heterocycles. The lowest BCUT2D eigenvalue weighted by Crippen LogP contribution is -2.21. The Morgan fingerprint density at radius 1 is 1.17 bits per heavy atom. The predicted molar refractivity (Wildman–Crippen MR) is 94.3 cm³/mol. The summed E-state index contributed by atoms with van der Waals surface area (Å²) in [4.78, 5) is 10.5. The van der Waals surface area contributed by atoms with Crippen LogP contribution >= 0.6 is 0 Å². The molecule has 24 heavy (non-hydrogen) atoms. The van der Waals surface area contributed by atoms with Gasteiger partial charge in [0.05, 0.1) is 0 Å². The third-order valence-corrected chi connectivity index (χ3v) is 3.80. The number of hydrogen-bond donors (Lipinski definition) is 2. The topological polar surface area (TPSA) is 67.8 Å². The summed E-state index contributed by atoms with van der Waals surface area (Å²) < 4.78 is 10.5. The van der Waals surface area contributed by atoms with Gasteiger partial charge in [-0.3, -0.25) is 0 Å². The smallest absolute Gasteiger partial charge is 0.328 e. The van der Waals surface area contributed by atoms with Crippen molar-refractivity contribution >= 4 is 12.0 Å². The molecule has 2 aliphatic rings. The number of piperidine rings is 1. The van der Waals surface area contributed by atoms with E-state index >= 15 is 0 Å². The van der Waals surface area contributed by atoms with Crippen LogP contribution in [0.15, 0.2) is 35.9 Å². The van der Waals surface area contributed by atoms with Crippen LogP contribution in [0.3, 0.4) is 0 Å². The third-order valence-electron chi connectivity index (χ3n) is 3.80. The van der Waals surface area contributed by atoms with Crippen molar-refractivity contribution in [2.45, 2.75) is 32.6 Å². The number of fused-ring (bicyclic) bond motifs is 1. The van der Waals surface area contributed by atoms with Crippen molar-refractivity contribution < 1.29 is 19.4 Å². The van der Waals surface area contributed by atoms with Gasteiger partial charge in [0.25, 0.3) is 0 Å².